The predicted molar refractivity (Wildman–Crippen MR) is 113 cm³/mol. The van der Waals surface area contributed by atoms with Crippen molar-refractivity contribution in [3.05, 3.63) is 34.5 Å². The van der Waals surface area contributed by atoms with E-state index in [1.807, 2.05) is 13.0 Å². The summed E-state index contributed by atoms with van der Waals surface area (Å²) in [7, 11) is 0. The summed E-state index contributed by atoms with van der Waals surface area (Å²) in [5.74, 6) is 0.750. The molecular weight excluding hydrogens is 384 g/mol. The van der Waals surface area contributed by atoms with E-state index in [9.17, 15) is 10.1 Å². The first-order chi connectivity index (χ1) is 14.2. The van der Waals surface area contributed by atoms with Gasteiger partial charge in [-0.05, 0) is 44.2 Å². The Balaban J connectivity index is 1.39. The van der Waals surface area contributed by atoms with E-state index < -0.39 is 0 Å². The van der Waals surface area contributed by atoms with Crippen LogP contribution in [0.2, 0.25) is 0 Å². The van der Waals surface area contributed by atoms with Crippen LogP contribution in [0.4, 0.5) is 10.9 Å². The van der Waals surface area contributed by atoms with E-state index in [0.29, 0.717) is 5.56 Å². The third kappa shape index (κ3) is 4.26. The van der Waals surface area contributed by atoms with Gasteiger partial charge in [0.05, 0.1) is 31.7 Å². The number of hydrogen-bond acceptors (Lipinski definition) is 6. The molecule has 0 aromatic carbocycles. The van der Waals surface area contributed by atoms with Crippen LogP contribution in [0.3, 0.4) is 0 Å². The Kier molecular flexibility index (Phi) is 6.07. The Labute approximate surface area is 175 Å². The molecule has 1 atom stereocenters. The Morgan fingerprint density at radius 2 is 1.97 bits per heavy atom. The minimum absolute atomic E-state index is 0.00248. The summed E-state index contributed by atoms with van der Waals surface area (Å²) in [6.45, 7) is 5.35. The van der Waals surface area contributed by atoms with E-state index in [1.165, 1.54) is 28.2 Å². The first kappa shape index (κ1) is 19.8. The Morgan fingerprint density at radius 1 is 1.24 bits per heavy atom. The molecule has 2 aromatic heterocycles. The number of fused-ring (bicyclic) bond motifs is 1. The third-order valence-corrected chi connectivity index (χ3v) is 7.22. The second-order valence-electron chi connectivity index (χ2n) is 7.79. The van der Waals surface area contributed by atoms with Gasteiger partial charge in [0.15, 0.2) is 6.04 Å². The number of amides is 1. The molecule has 0 bridgehead atoms. The van der Waals surface area contributed by atoms with E-state index in [-0.39, 0.29) is 11.9 Å². The second-order valence-corrected chi connectivity index (χ2v) is 8.89. The molecule has 152 valence electrons. The smallest absolute Gasteiger partial charge is 0.283 e. The zero-order valence-electron chi connectivity index (χ0n) is 16.8. The number of nitrogens with one attached hydrogen (secondary N) is 2. The Hall–Kier alpha value is -2.50. The highest BCUT2D eigenvalue weighted by atomic mass is 32.1. The Bertz CT molecular complexity index is 898. The van der Waals surface area contributed by atoms with Crippen LogP contribution in [0.25, 0.3) is 0 Å². The number of carbonyl (C=O) groups excluding carboxylic acids is 1. The molecule has 0 spiro atoms. The summed E-state index contributed by atoms with van der Waals surface area (Å²) in [6.07, 6.45) is 9.00. The van der Waals surface area contributed by atoms with Crippen LogP contribution in [-0.4, -0.2) is 48.1 Å². The largest absolute Gasteiger partial charge is 0.330 e. The van der Waals surface area contributed by atoms with Crippen molar-refractivity contribution in [2.24, 2.45) is 0 Å². The number of nitrogens with zero attached hydrogens (tertiary/aromatic N) is 4. The van der Waals surface area contributed by atoms with Crippen molar-refractivity contribution in [2.45, 2.75) is 45.1 Å². The molecule has 29 heavy (non-hydrogen) atoms. The van der Waals surface area contributed by atoms with Crippen molar-refractivity contribution in [2.75, 3.05) is 36.4 Å². The molecule has 1 aliphatic heterocycles. The lowest BCUT2D eigenvalue weighted by molar-refractivity contribution is -0.914. The fourth-order valence-electron chi connectivity index (χ4n) is 4.24. The van der Waals surface area contributed by atoms with Crippen LogP contribution in [0.15, 0.2) is 18.5 Å². The fraction of sp³-hybridized carbons (Fsp3) is 0.524. The molecule has 3 heterocycles. The topological polar surface area (TPSA) is 86.4 Å². The fourth-order valence-corrected chi connectivity index (χ4v) is 5.48. The van der Waals surface area contributed by atoms with Gasteiger partial charge in [-0.25, -0.2) is 9.97 Å². The summed E-state index contributed by atoms with van der Waals surface area (Å²) in [5.41, 5.74) is 1.86. The van der Waals surface area contributed by atoms with Gasteiger partial charge in [0, 0.05) is 17.3 Å². The summed E-state index contributed by atoms with van der Waals surface area (Å²) in [6, 6.07) is 4.00. The van der Waals surface area contributed by atoms with Gasteiger partial charge in [-0.15, -0.1) is 11.3 Å². The number of carbonyl (C=O) groups is 1. The molecule has 8 heteroatoms. The van der Waals surface area contributed by atoms with Gasteiger partial charge in [-0.2, -0.15) is 5.26 Å². The van der Waals surface area contributed by atoms with E-state index >= 15 is 0 Å². The van der Waals surface area contributed by atoms with Crippen LogP contribution < -0.4 is 15.1 Å². The zero-order chi connectivity index (χ0) is 20.2. The van der Waals surface area contributed by atoms with E-state index in [2.05, 4.69) is 26.3 Å². The standard InChI is InChI=1S/C21H26N6OS/c1-15(26-10-12-27(13-11-26)21-23-8-5-9-24-21)19(28)25-20-17(14-22)16-6-3-2-4-7-18(16)29-20/h5,8-9,15H,2-4,6-7,10-13H2,1H3,(H,25,28)/p+1/t15-/m1/s1. The maximum atomic E-state index is 12.9. The van der Waals surface area contributed by atoms with Gasteiger partial charge < -0.3 is 15.1 Å². The zero-order valence-corrected chi connectivity index (χ0v) is 17.6. The van der Waals surface area contributed by atoms with Crippen molar-refractivity contribution in [1.82, 2.24) is 9.97 Å². The quantitative estimate of drug-likeness (QED) is 0.743. The summed E-state index contributed by atoms with van der Waals surface area (Å²) < 4.78 is 0. The maximum Gasteiger partial charge on any atom is 0.283 e. The van der Waals surface area contributed by atoms with Crippen LogP contribution in [0.5, 0.6) is 0 Å². The molecule has 0 saturated carbocycles. The van der Waals surface area contributed by atoms with Gasteiger partial charge in [-0.1, -0.05) is 6.42 Å². The third-order valence-electron chi connectivity index (χ3n) is 6.02. The van der Waals surface area contributed by atoms with Crippen LogP contribution in [-0.2, 0) is 17.6 Å². The molecule has 2 N–H and O–H groups in total. The van der Waals surface area contributed by atoms with Crippen molar-refractivity contribution in [3.8, 4) is 6.07 Å². The second kappa shape index (κ2) is 8.89. The van der Waals surface area contributed by atoms with Gasteiger partial charge in [0.1, 0.15) is 11.1 Å². The Morgan fingerprint density at radius 3 is 2.69 bits per heavy atom. The van der Waals surface area contributed by atoms with Crippen LogP contribution in [0, 0.1) is 11.3 Å². The van der Waals surface area contributed by atoms with Gasteiger partial charge in [-0.3, -0.25) is 4.79 Å². The number of nitriles is 1. The van der Waals surface area contributed by atoms with E-state index in [1.54, 1.807) is 23.7 Å². The van der Waals surface area contributed by atoms with Gasteiger partial charge in [0.2, 0.25) is 5.95 Å². The molecule has 4 rings (SSSR count). The molecule has 1 amide bonds. The molecule has 2 aromatic rings. The SMILES string of the molecule is C[C@H](C(=O)Nc1sc2c(c1C#N)CCCCC2)[NH+]1CCN(c2ncccn2)CC1. The van der Waals surface area contributed by atoms with Crippen molar-refractivity contribution in [3.63, 3.8) is 0 Å². The lowest BCUT2D eigenvalue weighted by atomic mass is 10.1. The van der Waals surface area contributed by atoms with Crippen LogP contribution >= 0.6 is 11.3 Å². The van der Waals surface area contributed by atoms with Gasteiger partial charge >= 0.3 is 0 Å². The van der Waals surface area contributed by atoms with Gasteiger partial charge in [0.25, 0.3) is 5.91 Å². The summed E-state index contributed by atoms with van der Waals surface area (Å²) >= 11 is 1.60. The number of piperazine rings is 1. The average molecular weight is 412 g/mol. The number of hydrogen-bond donors (Lipinski definition) is 2. The molecule has 2 aliphatic rings. The number of thiophene rings is 1. The maximum absolute atomic E-state index is 12.9. The molecule has 1 fully saturated rings. The van der Waals surface area contributed by atoms with Crippen molar-refractivity contribution >= 4 is 28.2 Å². The summed E-state index contributed by atoms with van der Waals surface area (Å²) in [5, 5.41) is 13.5. The number of quaternary nitrogens is 1. The highest BCUT2D eigenvalue weighted by molar-refractivity contribution is 7.16. The number of aromatic nitrogens is 2. The minimum atomic E-state index is -0.165. The normalized spacial score (nSPS) is 18.4. The highest BCUT2D eigenvalue weighted by Crippen LogP contribution is 2.36. The van der Waals surface area contributed by atoms with Crippen molar-refractivity contribution < 1.29 is 9.69 Å². The lowest BCUT2D eigenvalue weighted by Gasteiger charge is -2.34. The first-order valence-corrected chi connectivity index (χ1v) is 11.2. The van der Waals surface area contributed by atoms with E-state index in [0.717, 1.165) is 56.4 Å². The number of anilines is 2. The minimum Gasteiger partial charge on any atom is -0.330 e. The van der Waals surface area contributed by atoms with Crippen molar-refractivity contribution in [1.29, 1.82) is 5.26 Å². The molecule has 7 nitrogen and oxygen atoms in total. The first-order valence-electron chi connectivity index (χ1n) is 10.4. The summed E-state index contributed by atoms with van der Waals surface area (Å²) in [4.78, 5) is 26.3. The average Bonchev–Trinajstić information content (AvgIpc) is 2.92. The molecule has 0 unspecified atom stereocenters. The molecule has 0 radical (unpaired) electrons. The molecule has 1 saturated heterocycles. The van der Waals surface area contributed by atoms with Crippen LogP contribution in [0.1, 0.15) is 42.2 Å². The molecule has 1 aliphatic carbocycles. The predicted octanol–water partition coefficient (Wildman–Crippen LogP) is 1.41. The molecular formula is C21H27N6OS+. The van der Waals surface area contributed by atoms with E-state index in [4.69, 9.17) is 0 Å². The number of rotatable bonds is 4. The number of aryl methyl sites for hydroxylation is 1. The lowest BCUT2D eigenvalue weighted by Crippen LogP contribution is -3.19. The highest BCUT2D eigenvalue weighted by Gasteiger charge is 2.31. The monoisotopic (exact) mass is 411 g/mol.